The Labute approximate surface area is 84.5 Å². The van der Waals surface area contributed by atoms with Crippen molar-refractivity contribution in [2.24, 2.45) is 0 Å². The van der Waals surface area contributed by atoms with Crippen LogP contribution < -0.4 is 4.74 Å². The fourth-order valence-corrected chi connectivity index (χ4v) is 1.96. The first-order chi connectivity index (χ1) is 6.90. The molecule has 1 N–H and O–H groups in total. The Kier molecular flexibility index (Phi) is 3.04. The first-order valence-corrected chi connectivity index (χ1v) is 5.25. The van der Waals surface area contributed by atoms with Crippen LogP contribution in [0.25, 0.3) is 0 Å². The van der Waals surface area contributed by atoms with Crippen LogP contribution in [0.5, 0.6) is 5.75 Å². The van der Waals surface area contributed by atoms with E-state index in [9.17, 15) is 0 Å². The maximum Gasteiger partial charge on any atom is 0.119 e. The van der Waals surface area contributed by atoms with Gasteiger partial charge in [-0.25, -0.2) is 0 Å². The molecule has 0 saturated carbocycles. The molecular formula is C12H16O2. The minimum Gasteiger partial charge on any atom is -0.491 e. The minimum absolute atomic E-state index is 0.0804. The standard InChI is InChI=1S/C12H16O2/c13-7-8-14-12-6-5-10-3-1-2-4-11(10)9-12/h5-6,9,13H,1-4,7-8H2. The summed E-state index contributed by atoms with van der Waals surface area (Å²) in [7, 11) is 0. The van der Waals surface area contributed by atoms with Crippen molar-refractivity contribution in [2.45, 2.75) is 25.7 Å². The van der Waals surface area contributed by atoms with Gasteiger partial charge in [-0.15, -0.1) is 0 Å². The number of benzene rings is 1. The fourth-order valence-electron chi connectivity index (χ4n) is 1.96. The molecule has 14 heavy (non-hydrogen) atoms. The Morgan fingerprint density at radius 3 is 2.71 bits per heavy atom. The molecule has 0 aromatic heterocycles. The Morgan fingerprint density at radius 2 is 1.93 bits per heavy atom. The summed E-state index contributed by atoms with van der Waals surface area (Å²) in [5, 5.41) is 8.64. The number of fused-ring (bicyclic) bond motifs is 1. The number of ether oxygens (including phenoxy) is 1. The lowest BCUT2D eigenvalue weighted by Gasteiger charge is -2.16. The van der Waals surface area contributed by atoms with Crippen LogP contribution in [0.3, 0.4) is 0 Å². The molecule has 0 spiro atoms. The van der Waals surface area contributed by atoms with Gasteiger partial charge in [0.25, 0.3) is 0 Å². The molecule has 1 aromatic carbocycles. The molecule has 1 aliphatic carbocycles. The number of hydrogen-bond donors (Lipinski definition) is 1. The highest BCUT2D eigenvalue weighted by Gasteiger charge is 2.09. The van der Waals surface area contributed by atoms with Crippen molar-refractivity contribution in [3.05, 3.63) is 29.3 Å². The number of aliphatic hydroxyl groups excluding tert-OH is 1. The van der Waals surface area contributed by atoms with E-state index in [0.717, 1.165) is 5.75 Å². The second-order valence-electron chi connectivity index (χ2n) is 3.71. The van der Waals surface area contributed by atoms with Gasteiger partial charge in [0.15, 0.2) is 0 Å². The Balaban J connectivity index is 2.12. The fraction of sp³-hybridized carbons (Fsp3) is 0.500. The zero-order valence-electron chi connectivity index (χ0n) is 8.33. The molecule has 0 fully saturated rings. The first-order valence-electron chi connectivity index (χ1n) is 5.25. The normalized spacial score (nSPS) is 14.9. The van der Waals surface area contributed by atoms with Gasteiger partial charge in [-0.3, -0.25) is 0 Å². The lowest BCUT2D eigenvalue weighted by molar-refractivity contribution is 0.201. The number of aryl methyl sites for hydroxylation is 2. The van der Waals surface area contributed by atoms with Crippen molar-refractivity contribution < 1.29 is 9.84 Å². The molecule has 2 heteroatoms. The molecule has 1 aliphatic rings. The van der Waals surface area contributed by atoms with Crippen LogP contribution in [0.4, 0.5) is 0 Å². The van der Waals surface area contributed by atoms with Gasteiger partial charge in [0, 0.05) is 0 Å². The molecular weight excluding hydrogens is 176 g/mol. The highest BCUT2D eigenvalue weighted by atomic mass is 16.5. The van der Waals surface area contributed by atoms with Gasteiger partial charge < -0.3 is 9.84 Å². The summed E-state index contributed by atoms with van der Waals surface area (Å²) < 4.78 is 5.37. The van der Waals surface area contributed by atoms with Gasteiger partial charge in [-0.05, 0) is 48.9 Å². The van der Waals surface area contributed by atoms with Gasteiger partial charge in [0.2, 0.25) is 0 Å². The van der Waals surface area contributed by atoms with Crippen molar-refractivity contribution in [1.29, 1.82) is 0 Å². The highest BCUT2D eigenvalue weighted by Crippen LogP contribution is 2.25. The van der Waals surface area contributed by atoms with E-state index < -0.39 is 0 Å². The monoisotopic (exact) mass is 192 g/mol. The molecule has 0 bridgehead atoms. The largest absolute Gasteiger partial charge is 0.491 e. The summed E-state index contributed by atoms with van der Waals surface area (Å²) in [4.78, 5) is 0. The molecule has 0 heterocycles. The minimum atomic E-state index is 0.0804. The summed E-state index contributed by atoms with van der Waals surface area (Å²) in [6.45, 7) is 0.468. The van der Waals surface area contributed by atoms with Crippen LogP contribution in [-0.2, 0) is 12.8 Å². The SMILES string of the molecule is OCCOc1ccc2c(c1)CCCC2. The van der Waals surface area contributed by atoms with E-state index >= 15 is 0 Å². The maximum atomic E-state index is 8.64. The van der Waals surface area contributed by atoms with Crippen LogP contribution in [0, 0.1) is 0 Å². The van der Waals surface area contributed by atoms with Crippen molar-refractivity contribution in [1.82, 2.24) is 0 Å². The van der Waals surface area contributed by atoms with Crippen LogP contribution in [0.2, 0.25) is 0 Å². The molecule has 0 amide bonds. The van der Waals surface area contributed by atoms with Crippen LogP contribution >= 0.6 is 0 Å². The van der Waals surface area contributed by atoms with Crippen LogP contribution in [-0.4, -0.2) is 18.3 Å². The number of hydrogen-bond acceptors (Lipinski definition) is 2. The maximum absolute atomic E-state index is 8.64. The van der Waals surface area contributed by atoms with Gasteiger partial charge in [0.05, 0.1) is 6.61 Å². The third kappa shape index (κ3) is 2.07. The van der Waals surface area contributed by atoms with Crippen LogP contribution in [0.1, 0.15) is 24.0 Å². The van der Waals surface area contributed by atoms with Crippen molar-refractivity contribution in [2.75, 3.05) is 13.2 Å². The predicted molar refractivity (Wildman–Crippen MR) is 55.7 cm³/mol. The molecule has 0 aliphatic heterocycles. The topological polar surface area (TPSA) is 29.5 Å². The van der Waals surface area contributed by atoms with E-state index in [0.29, 0.717) is 6.61 Å². The van der Waals surface area contributed by atoms with E-state index in [1.807, 2.05) is 6.07 Å². The predicted octanol–water partition coefficient (Wildman–Crippen LogP) is 1.94. The lowest BCUT2D eigenvalue weighted by atomic mass is 9.92. The van der Waals surface area contributed by atoms with E-state index in [1.54, 1.807) is 0 Å². The Morgan fingerprint density at radius 1 is 1.14 bits per heavy atom. The average molecular weight is 192 g/mol. The average Bonchev–Trinajstić information content (AvgIpc) is 2.26. The van der Waals surface area contributed by atoms with E-state index in [4.69, 9.17) is 9.84 Å². The molecule has 0 atom stereocenters. The van der Waals surface area contributed by atoms with Gasteiger partial charge >= 0.3 is 0 Å². The summed E-state index contributed by atoms with van der Waals surface area (Å²) in [5.74, 6) is 0.889. The molecule has 1 aromatic rings. The second-order valence-corrected chi connectivity index (χ2v) is 3.71. The van der Waals surface area contributed by atoms with E-state index in [-0.39, 0.29) is 6.61 Å². The third-order valence-corrected chi connectivity index (χ3v) is 2.68. The second kappa shape index (κ2) is 4.47. The van der Waals surface area contributed by atoms with E-state index in [2.05, 4.69) is 12.1 Å². The lowest BCUT2D eigenvalue weighted by Crippen LogP contribution is -2.05. The first kappa shape index (κ1) is 9.53. The molecule has 2 nitrogen and oxygen atoms in total. The Bertz CT molecular complexity index is 307. The zero-order chi connectivity index (χ0) is 9.80. The van der Waals surface area contributed by atoms with Crippen molar-refractivity contribution in [3.63, 3.8) is 0 Å². The molecule has 76 valence electrons. The molecule has 0 unspecified atom stereocenters. The molecule has 2 rings (SSSR count). The summed E-state index contributed by atoms with van der Waals surface area (Å²) in [5.41, 5.74) is 2.89. The van der Waals surface area contributed by atoms with Gasteiger partial charge in [-0.1, -0.05) is 6.07 Å². The molecule has 0 radical (unpaired) electrons. The van der Waals surface area contributed by atoms with Crippen molar-refractivity contribution >= 4 is 0 Å². The Hall–Kier alpha value is -1.02. The summed E-state index contributed by atoms with van der Waals surface area (Å²) in [6.07, 6.45) is 4.97. The van der Waals surface area contributed by atoms with Crippen molar-refractivity contribution in [3.8, 4) is 5.75 Å². The van der Waals surface area contributed by atoms with E-state index in [1.165, 1.54) is 36.8 Å². The highest BCUT2D eigenvalue weighted by molar-refractivity contribution is 5.37. The third-order valence-electron chi connectivity index (χ3n) is 2.68. The van der Waals surface area contributed by atoms with Gasteiger partial charge in [0.1, 0.15) is 12.4 Å². The number of rotatable bonds is 3. The zero-order valence-corrected chi connectivity index (χ0v) is 8.33. The smallest absolute Gasteiger partial charge is 0.119 e. The quantitative estimate of drug-likeness (QED) is 0.793. The van der Waals surface area contributed by atoms with Gasteiger partial charge in [-0.2, -0.15) is 0 Å². The molecule has 0 saturated heterocycles. The summed E-state index contributed by atoms with van der Waals surface area (Å²) >= 11 is 0. The number of aliphatic hydroxyl groups is 1. The van der Waals surface area contributed by atoms with Crippen LogP contribution in [0.15, 0.2) is 18.2 Å². The summed E-state index contributed by atoms with van der Waals surface area (Å²) in [6, 6.07) is 6.27.